The number of aliphatic carboxylic acids is 1. The molecule has 0 spiro atoms. The highest BCUT2D eigenvalue weighted by atomic mass is 32.1. The number of amides is 3. The molecule has 0 saturated carbocycles. The van der Waals surface area contributed by atoms with Crippen molar-refractivity contribution in [1.29, 1.82) is 0 Å². The number of benzene rings is 2. The zero-order valence-electron chi connectivity index (χ0n) is 25.0. The van der Waals surface area contributed by atoms with Crippen molar-refractivity contribution < 1.29 is 24.3 Å². The van der Waals surface area contributed by atoms with Gasteiger partial charge in [0.1, 0.15) is 18.1 Å². The number of hydrogen-bond donors (Lipinski definition) is 10. The molecule has 4 atom stereocenters. The molecule has 46 heavy (non-hydrogen) atoms. The standard InChI is InChI=1S/C31H39N9O5S/c32-21(12-17-14-36-22-8-3-1-6-19(17)22)27(41)39-25(13-18-15-37-23-9-4-2-7-20(18)23)29(43)38-24(10-5-11-35-31(33)34)28(42)40-26(16-46)30(44)45/h1-4,6-9,14-15,21,24-26,36-37,46H,5,10-13,16,32H2,(H,38,43)(H,39,41)(H,40,42)(H,44,45)(H4,33,34,35). The van der Waals surface area contributed by atoms with Crippen molar-refractivity contribution in [2.45, 2.75) is 49.9 Å². The molecular weight excluding hydrogens is 610 g/mol. The lowest BCUT2D eigenvalue weighted by atomic mass is 10.0. The summed E-state index contributed by atoms with van der Waals surface area (Å²) in [6, 6.07) is 10.6. The summed E-state index contributed by atoms with van der Waals surface area (Å²) in [6.07, 6.45) is 4.23. The number of aliphatic imine (C=N–C) groups is 1. The molecular formula is C31H39N9O5S. The number of carboxylic acids is 1. The van der Waals surface area contributed by atoms with Crippen LogP contribution in [0.4, 0.5) is 0 Å². The first-order chi connectivity index (χ1) is 22.1. The van der Waals surface area contributed by atoms with E-state index in [1.54, 1.807) is 12.4 Å². The number of carbonyl (C=O) groups excluding carboxylic acids is 3. The van der Waals surface area contributed by atoms with Gasteiger partial charge in [-0.1, -0.05) is 36.4 Å². The van der Waals surface area contributed by atoms with Crippen LogP contribution < -0.4 is 33.2 Å². The lowest BCUT2D eigenvalue weighted by Crippen LogP contribution is -2.58. The summed E-state index contributed by atoms with van der Waals surface area (Å²) >= 11 is 4.00. The number of nitrogens with one attached hydrogen (secondary N) is 5. The largest absolute Gasteiger partial charge is 0.480 e. The monoisotopic (exact) mass is 649 g/mol. The van der Waals surface area contributed by atoms with Crippen LogP contribution in [-0.2, 0) is 32.0 Å². The quantitative estimate of drug-likeness (QED) is 0.0349. The predicted octanol–water partition coefficient (Wildman–Crippen LogP) is 0.284. The molecule has 0 bridgehead atoms. The Morgan fingerprint density at radius 1 is 0.783 bits per heavy atom. The third-order valence-corrected chi connectivity index (χ3v) is 7.92. The highest BCUT2D eigenvalue weighted by molar-refractivity contribution is 7.80. The van der Waals surface area contributed by atoms with Crippen molar-refractivity contribution in [2.75, 3.05) is 12.3 Å². The van der Waals surface area contributed by atoms with Gasteiger partial charge in [-0.05, 0) is 42.5 Å². The number of fused-ring (bicyclic) bond motifs is 2. The Kier molecular flexibility index (Phi) is 11.6. The summed E-state index contributed by atoms with van der Waals surface area (Å²) in [6.45, 7) is 0.176. The van der Waals surface area contributed by atoms with Gasteiger partial charge in [0.05, 0.1) is 6.04 Å². The molecule has 0 aliphatic rings. The van der Waals surface area contributed by atoms with Crippen LogP contribution in [-0.4, -0.2) is 81.2 Å². The maximum Gasteiger partial charge on any atom is 0.327 e. The third kappa shape index (κ3) is 8.79. The lowest BCUT2D eigenvalue weighted by Gasteiger charge is -2.25. The molecule has 4 unspecified atom stereocenters. The molecule has 12 N–H and O–H groups in total. The van der Waals surface area contributed by atoms with Gasteiger partial charge < -0.3 is 48.2 Å². The fourth-order valence-corrected chi connectivity index (χ4v) is 5.39. The van der Waals surface area contributed by atoms with E-state index < -0.39 is 47.9 Å². The Hall–Kier alpha value is -5.02. The van der Waals surface area contributed by atoms with Crippen molar-refractivity contribution in [3.05, 3.63) is 72.1 Å². The molecule has 0 aliphatic heterocycles. The smallest absolute Gasteiger partial charge is 0.327 e. The number of hydrogen-bond acceptors (Lipinski definition) is 7. The third-order valence-electron chi connectivity index (χ3n) is 7.56. The number of para-hydroxylation sites is 2. The number of guanidine groups is 1. The van der Waals surface area contributed by atoms with Gasteiger partial charge in [-0.3, -0.25) is 19.4 Å². The molecule has 2 heterocycles. The fourth-order valence-electron chi connectivity index (χ4n) is 5.14. The minimum absolute atomic E-state index is 0.0815. The Bertz CT molecular complexity index is 1710. The number of carbonyl (C=O) groups is 4. The Labute approximate surface area is 270 Å². The summed E-state index contributed by atoms with van der Waals surface area (Å²) in [5, 5.41) is 19.1. The summed E-state index contributed by atoms with van der Waals surface area (Å²) in [4.78, 5) is 62.3. The van der Waals surface area contributed by atoms with Gasteiger partial charge in [0.15, 0.2) is 5.96 Å². The van der Waals surface area contributed by atoms with E-state index >= 15 is 0 Å². The highest BCUT2D eigenvalue weighted by Gasteiger charge is 2.31. The van der Waals surface area contributed by atoms with E-state index in [0.29, 0.717) is 6.42 Å². The van der Waals surface area contributed by atoms with Gasteiger partial charge in [-0.15, -0.1) is 0 Å². The fraction of sp³-hybridized carbons (Fsp3) is 0.323. The molecule has 4 aromatic rings. The zero-order chi connectivity index (χ0) is 33.2. The molecule has 0 radical (unpaired) electrons. The molecule has 3 amide bonds. The lowest BCUT2D eigenvalue weighted by molar-refractivity contribution is -0.141. The summed E-state index contributed by atoms with van der Waals surface area (Å²) < 4.78 is 0. The maximum atomic E-state index is 13.8. The van der Waals surface area contributed by atoms with Crippen LogP contribution in [0.5, 0.6) is 0 Å². The van der Waals surface area contributed by atoms with Gasteiger partial charge in [0.2, 0.25) is 17.7 Å². The number of aromatic nitrogens is 2. The molecule has 244 valence electrons. The number of carboxylic acid groups (broad SMARTS) is 1. The SMILES string of the molecule is NC(N)=NCCCC(NC(=O)C(Cc1c[nH]c2ccccc12)NC(=O)C(N)Cc1c[nH]c2ccccc12)C(=O)NC(CS)C(=O)O. The second kappa shape index (κ2) is 15.8. The molecule has 0 saturated heterocycles. The number of nitrogens with two attached hydrogens (primary N) is 3. The molecule has 0 fully saturated rings. The topological polar surface area (TPSA) is 247 Å². The first-order valence-corrected chi connectivity index (χ1v) is 15.4. The minimum Gasteiger partial charge on any atom is -0.480 e. The van der Waals surface area contributed by atoms with E-state index in [9.17, 15) is 24.3 Å². The van der Waals surface area contributed by atoms with Crippen molar-refractivity contribution in [1.82, 2.24) is 25.9 Å². The van der Waals surface area contributed by atoms with E-state index in [1.165, 1.54) is 0 Å². The van der Waals surface area contributed by atoms with Crippen molar-refractivity contribution in [3.8, 4) is 0 Å². The molecule has 4 rings (SSSR count). The molecule has 14 nitrogen and oxygen atoms in total. The van der Waals surface area contributed by atoms with E-state index in [4.69, 9.17) is 17.2 Å². The van der Waals surface area contributed by atoms with Crippen molar-refractivity contribution >= 4 is 64.1 Å². The normalized spacial score (nSPS) is 13.8. The number of H-pyrrole nitrogens is 2. The second-order valence-electron chi connectivity index (χ2n) is 10.9. The Balaban J connectivity index is 1.55. The average Bonchev–Trinajstić information content (AvgIpc) is 3.64. The van der Waals surface area contributed by atoms with Crippen molar-refractivity contribution in [2.24, 2.45) is 22.2 Å². The van der Waals surface area contributed by atoms with E-state index in [1.807, 2.05) is 48.5 Å². The van der Waals surface area contributed by atoms with Crippen LogP contribution in [0.15, 0.2) is 65.9 Å². The van der Waals surface area contributed by atoms with Gasteiger partial charge in [0.25, 0.3) is 0 Å². The number of rotatable bonds is 16. The van der Waals surface area contributed by atoms with Crippen molar-refractivity contribution in [3.63, 3.8) is 0 Å². The minimum atomic E-state index is -1.28. The maximum absolute atomic E-state index is 13.8. The molecule has 0 aliphatic carbocycles. The highest BCUT2D eigenvalue weighted by Crippen LogP contribution is 2.21. The number of thiol groups is 1. The van der Waals surface area contributed by atoms with Crippen LogP contribution in [0.3, 0.4) is 0 Å². The Morgan fingerprint density at radius 2 is 1.30 bits per heavy atom. The van der Waals surface area contributed by atoms with E-state index in [0.717, 1.165) is 32.9 Å². The number of nitrogens with zero attached hydrogens (tertiary/aromatic N) is 1. The van der Waals surface area contributed by atoms with E-state index in [2.05, 4.69) is 43.5 Å². The number of aromatic amines is 2. The first-order valence-electron chi connectivity index (χ1n) is 14.7. The van der Waals surface area contributed by atoms with Crippen LogP contribution in [0.2, 0.25) is 0 Å². The second-order valence-corrected chi connectivity index (χ2v) is 11.3. The first kappa shape index (κ1) is 33.9. The average molecular weight is 650 g/mol. The van der Waals surface area contributed by atoms with Crippen LogP contribution in [0.1, 0.15) is 24.0 Å². The summed E-state index contributed by atoms with van der Waals surface area (Å²) in [7, 11) is 0. The van der Waals surface area contributed by atoms with Gasteiger partial charge in [-0.25, -0.2) is 4.79 Å². The van der Waals surface area contributed by atoms with Crippen LogP contribution >= 0.6 is 12.6 Å². The predicted molar refractivity (Wildman–Crippen MR) is 179 cm³/mol. The molecule has 2 aromatic carbocycles. The van der Waals surface area contributed by atoms with Gasteiger partial charge in [0, 0.05) is 52.9 Å². The van der Waals surface area contributed by atoms with E-state index in [-0.39, 0.29) is 37.5 Å². The van der Waals surface area contributed by atoms with Gasteiger partial charge in [-0.2, -0.15) is 12.6 Å². The van der Waals surface area contributed by atoms with Crippen LogP contribution in [0.25, 0.3) is 21.8 Å². The molecule has 15 heteroatoms. The summed E-state index contributed by atoms with van der Waals surface area (Å²) in [5.41, 5.74) is 20.5. The van der Waals surface area contributed by atoms with Crippen LogP contribution in [0, 0.1) is 0 Å². The summed E-state index contributed by atoms with van der Waals surface area (Å²) in [5.74, 6) is -3.51. The molecule has 2 aromatic heterocycles. The zero-order valence-corrected chi connectivity index (χ0v) is 25.9. The van der Waals surface area contributed by atoms with Gasteiger partial charge >= 0.3 is 5.97 Å². The Morgan fingerprint density at radius 3 is 1.87 bits per heavy atom.